The molecule has 16 heavy (non-hydrogen) atoms. The van der Waals surface area contributed by atoms with Gasteiger partial charge in [-0.25, -0.2) is 0 Å². The lowest BCUT2D eigenvalue weighted by atomic mass is 10.1. The van der Waals surface area contributed by atoms with Crippen molar-refractivity contribution in [2.75, 3.05) is 27.2 Å². The van der Waals surface area contributed by atoms with Gasteiger partial charge in [0.15, 0.2) is 6.29 Å². The summed E-state index contributed by atoms with van der Waals surface area (Å²) in [5, 5.41) is 0. The van der Waals surface area contributed by atoms with E-state index in [1.807, 2.05) is 33.2 Å². The lowest BCUT2D eigenvalue weighted by Gasteiger charge is -2.13. The molecule has 88 valence electrons. The van der Waals surface area contributed by atoms with E-state index in [9.17, 15) is 4.79 Å². The number of rotatable bonds is 6. The molecule has 0 aromatic heterocycles. The Labute approximate surface area is 97.0 Å². The van der Waals surface area contributed by atoms with Gasteiger partial charge in [-0.05, 0) is 39.1 Å². The van der Waals surface area contributed by atoms with Gasteiger partial charge in [-0.15, -0.1) is 0 Å². The fourth-order valence-corrected chi connectivity index (χ4v) is 1.52. The average molecular weight is 221 g/mol. The minimum atomic E-state index is 0.629. The molecular weight excluding hydrogens is 202 g/mol. The molecule has 0 spiro atoms. The van der Waals surface area contributed by atoms with E-state index in [0.717, 1.165) is 30.6 Å². The molecule has 3 nitrogen and oxygen atoms in total. The first kappa shape index (κ1) is 12.7. The van der Waals surface area contributed by atoms with E-state index in [1.165, 1.54) is 0 Å². The molecular formula is C13H19NO2. The van der Waals surface area contributed by atoms with E-state index in [0.29, 0.717) is 12.2 Å². The second-order valence-electron chi connectivity index (χ2n) is 4.12. The number of hydrogen-bond acceptors (Lipinski definition) is 3. The van der Waals surface area contributed by atoms with Crippen LogP contribution in [0.4, 0.5) is 0 Å². The normalized spacial score (nSPS) is 10.5. The Kier molecular flexibility index (Phi) is 4.99. The van der Waals surface area contributed by atoms with Crippen molar-refractivity contribution in [1.29, 1.82) is 0 Å². The van der Waals surface area contributed by atoms with Crippen LogP contribution in [0.1, 0.15) is 22.3 Å². The number of nitrogens with zero attached hydrogens (tertiary/aromatic N) is 1. The van der Waals surface area contributed by atoms with Gasteiger partial charge in [0.05, 0.1) is 12.2 Å². The third-order valence-electron chi connectivity index (χ3n) is 2.37. The molecule has 0 bridgehead atoms. The second-order valence-corrected chi connectivity index (χ2v) is 4.12. The van der Waals surface area contributed by atoms with Crippen LogP contribution >= 0.6 is 0 Å². The number of carbonyl (C=O) groups excluding carboxylic acids is 1. The van der Waals surface area contributed by atoms with E-state index in [-0.39, 0.29) is 0 Å². The topological polar surface area (TPSA) is 29.5 Å². The Balaban J connectivity index is 2.55. The Morgan fingerprint density at radius 1 is 1.38 bits per heavy atom. The number of ether oxygens (including phenoxy) is 1. The van der Waals surface area contributed by atoms with Crippen LogP contribution in [0, 0.1) is 6.92 Å². The SMILES string of the molecule is Cc1cccc(C=O)c1OCCCN(C)C. The Morgan fingerprint density at radius 2 is 2.12 bits per heavy atom. The highest BCUT2D eigenvalue weighted by Gasteiger charge is 2.05. The van der Waals surface area contributed by atoms with Gasteiger partial charge < -0.3 is 9.64 Å². The van der Waals surface area contributed by atoms with Gasteiger partial charge >= 0.3 is 0 Å². The standard InChI is InChI=1S/C13H19NO2/c1-11-6-4-7-12(10-15)13(11)16-9-5-8-14(2)3/h4,6-7,10H,5,8-9H2,1-3H3. The highest BCUT2D eigenvalue weighted by molar-refractivity contribution is 5.80. The Bertz CT molecular complexity index is 348. The first-order chi connectivity index (χ1) is 7.65. The summed E-state index contributed by atoms with van der Waals surface area (Å²) in [6.45, 7) is 3.58. The predicted molar refractivity (Wildman–Crippen MR) is 65.2 cm³/mol. The van der Waals surface area contributed by atoms with E-state index < -0.39 is 0 Å². The van der Waals surface area contributed by atoms with Crippen LogP contribution < -0.4 is 4.74 Å². The maximum Gasteiger partial charge on any atom is 0.153 e. The van der Waals surface area contributed by atoms with Gasteiger partial charge in [0.1, 0.15) is 5.75 Å². The van der Waals surface area contributed by atoms with Crippen molar-refractivity contribution >= 4 is 6.29 Å². The predicted octanol–water partition coefficient (Wildman–Crippen LogP) is 2.14. The fourth-order valence-electron chi connectivity index (χ4n) is 1.52. The molecule has 1 rings (SSSR count). The molecule has 0 amide bonds. The van der Waals surface area contributed by atoms with E-state index in [1.54, 1.807) is 6.07 Å². The number of carbonyl (C=O) groups is 1. The largest absolute Gasteiger partial charge is 0.493 e. The van der Waals surface area contributed by atoms with Crippen LogP contribution in [0.3, 0.4) is 0 Å². The minimum absolute atomic E-state index is 0.629. The van der Waals surface area contributed by atoms with Crippen LogP contribution in [-0.4, -0.2) is 38.4 Å². The zero-order chi connectivity index (χ0) is 12.0. The molecule has 0 saturated heterocycles. The first-order valence-electron chi connectivity index (χ1n) is 5.47. The van der Waals surface area contributed by atoms with Crippen LogP contribution in [-0.2, 0) is 0 Å². The van der Waals surface area contributed by atoms with E-state index in [2.05, 4.69) is 4.90 Å². The molecule has 0 fully saturated rings. The zero-order valence-corrected chi connectivity index (χ0v) is 10.2. The molecule has 0 N–H and O–H groups in total. The summed E-state index contributed by atoms with van der Waals surface area (Å²) in [6, 6.07) is 5.60. The van der Waals surface area contributed by atoms with Crippen LogP contribution in [0.5, 0.6) is 5.75 Å². The molecule has 3 heteroatoms. The monoisotopic (exact) mass is 221 g/mol. The number of benzene rings is 1. The second kappa shape index (κ2) is 6.28. The molecule has 0 aliphatic rings. The van der Waals surface area contributed by atoms with Crippen LogP contribution in [0.15, 0.2) is 18.2 Å². The average Bonchev–Trinajstić information content (AvgIpc) is 2.25. The molecule has 0 aliphatic carbocycles. The summed E-state index contributed by atoms with van der Waals surface area (Å²) in [6.07, 6.45) is 1.80. The maximum atomic E-state index is 10.8. The molecule has 0 unspecified atom stereocenters. The third-order valence-corrected chi connectivity index (χ3v) is 2.37. The summed E-state index contributed by atoms with van der Waals surface area (Å²) in [4.78, 5) is 12.9. The van der Waals surface area contributed by atoms with Crippen molar-refractivity contribution in [3.05, 3.63) is 29.3 Å². The van der Waals surface area contributed by atoms with Crippen molar-refractivity contribution in [1.82, 2.24) is 4.90 Å². The lowest BCUT2D eigenvalue weighted by molar-refractivity contribution is 0.111. The number of aryl methyl sites for hydroxylation is 1. The number of para-hydroxylation sites is 1. The Morgan fingerprint density at radius 3 is 2.75 bits per heavy atom. The molecule has 0 heterocycles. The molecule has 0 atom stereocenters. The summed E-state index contributed by atoms with van der Waals surface area (Å²) in [5.41, 5.74) is 1.64. The number of hydrogen-bond donors (Lipinski definition) is 0. The van der Waals surface area contributed by atoms with Crippen molar-refractivity contribution in [2.45, 2.75) is 13.3 Å². The fraction of sp³-hybridized carbons (Fsp3) is 0.462. The highest BCUT2D eigenvalue weighted by atomic mass is 16.5. The lowest BCUT2D eigenvalue weighted by Crippen LogP contribution is -2.16. The van der Waals surface area contributed by atoms with Gasteiger partial charge in [-0.3, -0.25) is 4.79 Å². The molecule has 1 aromatic rings. The van der Waals surface area contributed by atoms with Gasteiger partial charge in [-0.1, -0.05) is 12.1 Å². The van der Waals surface area contributed by atoms with Crippen molar-refractivity contribution in [3.63, 3.8) is 0 Å². The van der Waals surface area contributed by atoms with Gasteiger partial charge in [0.25, 0.3) is 0 Å². The smallest absolute Gasteiger partial charge is 0.153 e. The third kappa shape index (κ3) is 3.66. The summed E-state index contributed by atoms with van der Waals surface area (Å²) >= 11 is 0. The minimum Gasteiger partial charge on any atom is -0.493 e. The van der Waals surface area contributed by atoms with Crippen molar-refractivity contribution in [3.8, 4) is 5.75 Å². The zero-order valence-electron chi connectivity index (χ0n) is 10.2. The van der Waals surface area contributed by atoms with Crippen molar-refractivity contribution in [2.24, 2.45) is 0 Å². The molecule has 0 radical (unpaired) electrons. The quantitative estimate of drug-likeness (QED) is 0.544. The summed E-state index contributed by atoms with van der Waals surface area (Å²) in [7, 11) is 4.06. The Hall–Kier alpha value is -1.35. The van der Waals surface area contributed by atoms with Gasteiger partial charge in [-0.2, -0.15) is 0 Å². The molecule has 1 aromatic carbocycles. The van der Waals surface area contributed by atoms with Crippen LogP contribution in [0.2, 0.25) is 0 Å². The van der Waals surface area contributed by atoms with Crippen LogP contribution in [0.25, 0.3) is 0 Å². The maximum absolute atomic E-state index is 10.8. The molecule has 0 saturated carbocycles. The molecule has 0 aliphatic heterocycles. The van der Waals surface area contributed by atoms with E-state index in [4.69, 9.17) is 4.74 Å². The summed E-state index contributed by atoms with van der Waals surface area (Å²) < 4.78 is 5.65. The highest BCUT2D eigenvalue weighted by Crippen LogP contribution is 2.21. The summed E-state index contributed by atoms with van der Waals surface area (Å²) in [5.74, 6) is 0.719. The van der Waals surface area contributed by atoms with Crippen molar-refractivity contribution < 1.29 is 9.53 Å². The number of aldehydes is 1. The van der Waals surface area contributed by atoms with Gasteiger partial charge in [0.2, 0.25) is 0 Å². The first-order valence-corrected chi connectivity index (χ1v) is 5.47. The van der Waals surface area contributed by atoms with E-state index >= 15 is 0 Å². The van der Waals surface area contributed by atoms with Gasteiger partial charge in [0, 0.05) is 6.54 Å².